The van der Waals surface area contributed by atoms with E-state index in [2.05, 4.69) is 109 Å². The van der Waals surface area contributed by atoms with Crippen LogP contribution in [0.5, 0.6) is 0 Å². The van der Waals surface area contributed by atoms with Crippen molar-refractivity contribution in [2.45, 2.75) is 129 Å². The first-order valence-corrected chi connectivity index (χ1v) is 29.5. The number of aromatic nitrogens is 4. The van der Waals surface area contributed by atoms with Crippen molar-refractivity contribution in [1.29, 1.82) is 0 Å². The van der Waals surface area contributed by atoms with Gasteiger partial charge in [-0.2, -0.15) is 23.5 Å². The number of carbonyl (C=O) groups excluding carboxylic acids is 4. The summed E-state index contributed by atoms with van der Waals surface area (Å²) in [6.45, 7) is 10.4. The van der Waals surface area contributed by atoms with E-state index >= 15 is 0 Å². The molecule has 396 valence electrons. The summed E-state index contributed by atoms with van der Waals surface area (Å²) in [7, 11) is 2.66. The van der Waals surface area contributed by atoms with E-state index in [1.807, 2.05) is 22.3 Å². The molecule has 2 spiro atoms. The molecular formula is C58H76N8O6S2. The van der Waals surface area contributed by atoms with Gasteiger partial charge in [0.2, 0.25) is 11.8 Å². The highest BCUT2D eigenvalue weighted by atomic mass is 32.2. The monoisotopic (exact) mass is 1040 g/mol. The third kappa shape index (κ3) is 11.8. The van der Waals surface area contributed by atoms with Crippen LogP contribution in [0.1, 0.15) is 140 Å². The molecule has 74 heavy (non-hydrogen) atoms. The fourth-order valence-corrected chi connectivity index (χ4v) is 12.6. The van der Waals surface area contributed by atoms with Gasteiger partial charge in [-0.1, -0.05) is 55.9 Å². The molecule has 9 rings (SSSR count). The number of hydrogen-bond donors (Lipinski definition) is 4. The van der Waals surface area contributed by atoms with Crippen LogP contribution in [0.2, 0.25) is 0 Å². The van der Waals surface area contributed by atoms with Gasteiger partial charge in [0, 0.05) is 13.1 Å². The van der Waals surface area contributed by atoms with Gasteiger partial charge in [-0.3, -0.25) is 9.59 Å². The Kier molecular flexibility index (Phi) is 16.4. The van der Waals surface area contributed by atoms with Crippen molar-refractivity contribution in [2.75, 3.05) is 51.3 Å². The molecule has 5 aliphatic rings. The molecule has 0 unspecified atom stereocenters. The van der Waals surface area contributed by atoms with Crippen LogP contribution >= 0.6 is 23.5 Å². The molecule has 4 fully saturated rings. The minimum Gasteiger partial charge on any atom is -0.453 e. The molecule has 4 aromatic rings. The summed E-state index contributed by atoms with van der Waals surface area (Å²) in [6.07, 6.45) is 23.2. The minimum atomic E-state index is -0.662. The molecule has 6 atom stereocenters. The number of H-pyrrole nitrogens is 2. The second kappa shape index (κ2) is 22.8. The summed E-state index contributed by atoms with van der Waals surface area (Å²) >= 11 is 3.30. The fourth-order valence-electron chi connectivity index (χ4n) is 11.6. The summed E-state index contributed by atoms with van der Waals surface area (Å²) < 4.78 is 9.82. The van der Waals surface area contributed by atoms with Gasteiger partial charge < -0.3 is 39.9 Å². The number of thioether (sulfide) groups is 2. The van der Waals surface area contributed by atoms with Crippen LogP contribution in [0.15, 0.2) is 71.8 Å². The van der Waals surface area contributed by atoms with Crippen LogP contribution in [0, 0.1) is 22.7 Å². The Hall–Kier alpha value is -5.48. The van der Waals surface area contributed by atoms with Gasteiger partial charge in [-0.15, -0.1) is 0 Å². The van der Waals surface area contributed by atoms with Crippen molar-refractivity contribution in [2.24, 2.45) is 22.7 Å². The predicted octanol–water partition coefficient (Wildman–Crippen LogP) is 11.7. The minimum absolute atomic E-state index is 0.0762. The molecule has 2 aromatic heterocycles. The zero-order valence-corrected chi connectivity index (χ0v) is 46.2. The van der Waals surface area contributed by atoms with Crippen molar-refractivity contribution in [3.05, 3.63) is 94.6 Å². The second-order valence-electron chi connectivity index (χ2n) is 21.9. The molecule has 2 saturated carbocycles. The Morgan fingerprint density at radius 3 is 1.84 bits per heavy atom. The highest BCUT2D eigenvalue weighted by Crippen LogP contribution is 2.59. The van der Waals surface area contributed by atoms with Crippen LogP contribution in [0.4, 0.5) is 9.59 Å². The number of allylic oxidation sites excluding steroid dienone is 8. The van der Waals surface area contributed by atoms with Crippen molar-refractivity contribution in [3.8, 4) is 0 Å². The number of carbonyl (C=O) groups is 4. The smallest absolute Gasteiger partial charge is 0.407 e. The standard InChI is InChI=1S/C58H76N8O6S2/c1-9-38-13-15-39(37(4)40-16-18-43-47(29-40)61-51(59-43)49-31-57(22-23-57)33-65(49)53(67)45(20-26-73-7)63-55(69)71-5)14-11-35(2)10-12-36(3)42(28-38)41-17-19-44-48(30-41)62-52(60-44)50-32-58(24-25-58)34-66(50)54(68)46(21-27-74-8)64-56(70)72-6/h9,11,14,16-19,28-30,35-36,45-46,49-50H,10,12-13,15,20-27,31-34H2,1-8H3,(H,59,61)(H,60,62)(H,63,69)(H,64,70)/b14-11-,38-9-,39-37-,42-28+/t35-,36-,45+,46+,49+,50+/m1/s1. The second-order valence-corrected chi connectivity index (χ2v) is 23.9. The molecular weight excluding hydrogens is 969 g/mol. The number of likely N-dealkylation sites (tertiary alicyclic amines) is 2. The third-order valence-electron chi connectivity index (χ3n) is 16.8. The van der Waals surface area contributed by atoms with E-state index in [1.165, 1.54) is 42.1 Å². The maximum atomic E-state index is 14.2. The van der Waals surface area contributed by atoms with Gasteiger partial charge >= 0.3 is 12.2 Å². The molecule has 4 heterocycles. The van der Waals surface area contributed by atoms with E-state index in [0.717, 1.165) is 115 Å². The molecule has 2 aromatic carbocycles. The number of methoxy groups -OCH3 is 2. The molecule has 14 nitrogen and oxygen atoms in total. The number of benzene rings is 2. The largest absolute Gasteiger partial charge is 0.453 e. The Morgan fingerprint density at radius 2 is 1.32 bits per heavy atom. The van der Waals surface area contributed by atoms with Crippen molar-refractivity contribution in [3.63, 3.8) is 0 Å². The maximum Gasteiger partial charge on any atom is 0.407 e. The number of amides is 4. The Balaban J connectivity index is 0.953. The summed E-state index contributed by atoms with van der Waals surface area (Å²) in [5.41, 5.74) is 11.3. The van der Waals surface area contributed by atoms with E-state index in [4.69, 9.17) is 19.4 Å². The molecule has 4 N–H and O–H groups in total. The van der Waals surface area contributed by atoms with Crippen LogP contribution in [0.25, 0.3) is 33.2 Å². The molecule has 16 heteroatoms. The fraction of sp³-hybridized carbons (Fsp3) is 0.552. The number of nitrogens with one attached hydrogen (secondary N) is 4. The van der Waals surface area contributed by atoms with Crippen LogP contribution in [0.3, 0.4) is 0 Å². The van der Waals surface area contributed by atoms with E-state index in [1.54, 1.807) is 23.5 Å². The molecule has 4 amide bonds. The topological polar surface area (TPSA) is 175 Å². The molecule has 0 bridgehead atoms. The average Bonchev–Trinajstić information content (AvgIpc) is 4.06. The number of hydrogen-bond acceptors (Lipinski definition) is 10. The lowest BCUT2D eigenvalue weighted by Gasteiger charge is -2.28. The number of rotatable bonds is 14. The Morgan fingerprint density at radius 1 is 0.784 bits per heavy atom. The van der Waals surface area contributed by atoms with E-state index < -0.39 is 24.3 Å². The zero-order valence-electron chi connectivity index (χ0n) is 44.6. The van der Waals surface area contributed by atoms with Gasteiger partial charge in [0.1, 0.15) is 23.7 Å². The normalized spacial score (nSPS) is 25.5. The van der Waals surface area contributed by atoms with Crippen molar-refractivity contribution in [1.82, 2.24) is 40.4 Å². The maximum absolute atomic E-state index is 14.2. The third-order valence-corrected chi connectivity index (χ3v) is 18.0. The van der Waals surface area contributed by atoms with Crippen LogP contribution in [-0.4, -0.2) is 117 Å². The Labute approximate surface area is 445 Å². The molecule has 3 aliphatic carbocycles. The molecule has 2 saturated heterocycles. The number of fused-ring (bicyclic) bond motifs is 2. The number of aromatic amines is 2. The van der Waals surface area contributed by atoms with Crippen LogP contribution in [-0.2, 0) is 19.1 Å². The number of nitrogens with zero attached hydrogens (tertiary/aromatic N) is 4. The van der Waals surface area contributed by atoms with E-state index in [-0.39, 0.29) is 34.7 Å². The number of imidazole rings is 2. The number of ether oxygens (including phenoxy) is 2. The molecule has 2 aliphatic heterocycles. The summed E-state index contributed by atoms with van der Waals surface area (Å²) in [4.78, 5) is 74.6. The lowest BCUT2D eigenvalue weighted by molar-refractivity contribution is -0.135. The summed E-state index contributed by atoms with van der Waals surface area (Å²) in [5.74, 6) is 3.61. The first kappa shape index (κ1) is 53.3. The van der Waals surface area contributed by atoms with Gasteiger partial charge in [0.25, 0.3) is 0 Å². The summed E-state index contributed by atoms with van der Waals surface area (Å²) in [6, 6.07) is 11.3. The van der Waals surface area contributed by atoms with Crippen molar-refractivity contribution < 1.29 is 28.7 Å². The first-order chi connectivity index (χ1) is 35.7. The Bertz CT molecular complexity index is 2870. The van der Waals surface area contributed by atoms with E-state index in [9.17, 15) is 19.2 Å². The highest BCUT2D eigenvalue weighted by molar-refractivity contribution is 7.98. The lowest BCUT2D eigenvalue weighted by atomic mass is 9.85. The van der Waals surface area contributed by atoms with Crippen LogP contribution < -0.4 is 10.6 Å². The SMILES string of the molecule is C/C=C1\C=C(\c2ccc3nc([C@@H]4CC5(CC5)CN4C(=O)[C@H](CCSC)NC(=O)OC)[nH]c3c2)[C@H](C)CC[C@@H](C)/C=C\C(=C(/C)c2ccc3nc([C@@H]4CC5(CC5)CN4C(=O)[C@H](CCSC)NC(=O)OC)[nH]c3c2)CC1. The van der Waals surface area contributed by atoms with Crippen molar-refractivity contribution >= 4 is 80.7 Å². The highest BCUT2D eigenvalue weighted by Gasteiger charge is 2.56. The van der Waals surface area contributed by atoms with Gasteiger partial charge in [-0.05, 0) is 190 Å². The zero-order chi connectivity index (χ0) is 52.3. The average molecular weight is 1050 g/mol. The quantitative estimate of drug-likeness (QED) is 0.0951. The van der Waals surface area contributed by atoms with Gasteiger partial charge in [0.15, 0.2) is 0 Å². The summed E-state index contributed by atoms with van der Waals surface area (Å²) in [5, 5.41) is 5.63. The first-order valence-electron chi connectivity index (χ1n) is 26.7. The van der Waals surface area contributed by atoms with E-state index in [0.29, 0.717) is 37.8 Å². The predicted molar refractivity (Wildman–Crippen MR) is 299 cm³/mol. The number of alkyl carbamates (subject to hydrolysis) is 2. The molecule has 0 radical (unpaired) electrons. The van der Waals surface area contributed by atoms with Gasteiger partial charge in [0.05, 0.1) is 48.4 Å². The lowest BCUT2D eigenvalue weighted by Crippen LogP contribution is -2.49. The van der Waals surface area contributed by atoms with Gasteiger partial charge in [-0.25, -0.2) is 19.6 Å².